The van der Waals surface area contributed by atoms with E-state index >= 15 is 0 Å². The highest BCUT2D eigenvalue weighted by atomic mass is 32.2. The molecule has 1 fully saturated rings. The molecule has 1 saturated heterocycles. The average molecular weight is 219 g/mol. The zero-order valence-corrected chi connectivity index (χ0v) is 9.01. The molecule has 0 saturated carbocycles. The van der Waals surface area contributed by atoms with Gasteiger partial charge in [0.25, 0.3) is 0 Å². The minimum atomic E-state index is -2.28. The maximum atomic E-state index is 11.4. The average Bonchev–Trinajstić information content (AvgIpc) is 2.17. The van der Waals surface area contributed by atoms with Crippen molar-refractivity contribution >= 4 is 17.0 Å². The van der Waals surface area contributed by atoms with Crippen LogP contribution in [0.2, 0.25) is 0 Å². The number of carbonyl (C=O) groups excluding carboxylic acids is 1. The van der Waals surface area contributed by atoms with Crippen LogP contribution in [0.1, 0.15) is 12.8 Å². The first kappa shape index (κ1) is 11.6. The van der Waals surface area contributed by atoms with Crippen LogP contribution in [0.25, 0.3) is 0 Å². The molecule has 0 bridgehead atoms. The first-order valence-corrected chi connectivity index (χ1v) is 5.88. The molecular weight excluding hydrogens is 204 g/mol. The van der Waals surface area contributed by atoms with Gasteiger partial charge < -0.3 is 14.8 Å². The van der Waals surface area contributed by atoms with Gasteiger partial charge in [0.2, 0.25) is 5.91 Å². The number of likely N-dealkylation sites (N-methyl/N-ethyl adjacent to an activating group) is 1. The highest BCUT2D eigenvalue weighted by Crippen LogP contribution is 2.08. The molecule has 82 valence electrons. The molecule has 0 spiro atoms. The van der Waals surface area contributed by atoms with Gasteiger partial charge in [0.05, 0.1) is 5.75 Å². The lowest BCUT2D eigenvalue weighted by Crippen LogP contribution is -2.47. The Bertz CT molecular complexity index is 229. The molecular formula is C8H15N2O3S-. The Labute approximate surface area is 86.1 Å². The van der Waals surface area contributed by atoms with Gasteiger partial charge in [0.1, 0.15) is 0 Å². The van der Waals surface area contributed by atoms with Gasteiger partial charge in [0, 0.05) is 19.6 Å². The van der Waals surface area contributed by atoms with E-state index in [0.29, 0.717) is 0 Å². The smallest absolute Gasteiger partial charge is 0.234 e. The van der Waals surface area contributed by atoms with Crippen LogP contribution in [-0.2, 0) is 15.9 Å². The molecule has 2 unspecified atom stereocenters. The van der Waals surface area contributed by atoms with Crippen molar-refractivity contribution in [3.05, 3.63) is 0 Å². The largest absolute Gasteiger partial charge is 0.772 e. The number of piperidine rings is 1. The summed E-state index contributed by atoms with van der Waals surface area (Å²) in [5.41, 5.74) is 0. The summed E-state index contributed by atoms with van der Waals surface area (Å²) in [6.45, 7) is 1.74. The summed E-state index contributed by atoms with van der Waals surface area (Å²) in [6.07, 6.45) is 1.98. The third-order valence-electron chi connectivity index (χ3n) is 2.45. The van der Waals surface area contributed by atoms with Crippen LogP contribution in [0.3, 0.4) is 0 Å². The van der Waals surface area contributed by atoms with E-state index in [-0.39, 0.29) is 11.9 Å². The van der Waals surface area contributed by atoms with Crippen LogP contribution >= 0.6 is 0 Å². The third-order valence-corrected chi connectivity index (χ3v) is 2.94. The predicted molar refractivity (Wildman–Crippen MR) is 52.4 cm³/mol. The molecule has 1 heterocycles. The number of carbonyl (C=O) groups is 1. The van der Waals surface area contributed by atoms with Crippen molar-refractivity contribution in [1.29, 1.82) is 0 Å². The van der Waals surface area contributed by atoms with E-state index in [1.807, 2.05) is 0 Å². The first-order valence-electron chi connectivity index (χ1n) is 4.63. The van der Waals surface area contributed by atoms with Crippen LogP contribution in [0, 0.1) is 0 Å². The summed E-state index contributed by atoms with van der Waals surface area (Å²) < 4.78 is 20.7. The predicted octanol–water partition coefficient (Wildman–Crippen LogP) is -0.924. The molecule has 0 aromatic rings. The molecule has 0 aliphatic carbocycles. The van der Waals surface area contributed by atoms with Gasteiger partial charge in [0.15, 0.2) is 0 Å². The molecule has 2 atom stereocenters. The summed E-state index contributed by atoms with van der Waals surface area (Å²) in [4.78, 5) is 12.9. The second-order valence-corrected chi connectivity index (χ2v) is 4.35. The molecule has 0 aromatic carbocycles. The van der Waals surface area contributed by atoms with Gasteiger partial charge >= 0.3 is 0 Å². The Hall–Kier alpha value is -0.460. The molecule has 0 radical (unpaired) electrons. The topological polar surface area (TPSA) is 72.5 Å². The quantitative estimate of drug-likeness (QED) is 0.623. The van der Waals surface area contributed by atoms with Crippen molar-refractivity contribution in [2.45, 2.75) is 18.9 Å². The van der Waals surface area contributed by atoms with Gasteiger partial charge in [-0.1, -0.05) is 0 Å². The lowest BCUT2D eigenvalue weighted by Gasteiger charge is -2.31. The second kappa shape index (κ2) is 5.43. The fourth-order valence-corrected chi connectivity index (χ4v) is 1.98. The van der Waals surface area contributed by atoms with Crippen LogP contribution in [0.5, 0.6) is 0 Å². The SMILES string of the molecule is CN(C(=O)CS(=O)[O-])C1CCCNC1. The maximum absolute atomic E-state index is 11.4. The molecule has 1 aliphatic heterocycles. The fraction of sp³-hybridized carbons (Fsp3) is 0.875. The monoisotopic (exact) mass is 219 g/mol. The van der Waals surface area contributed by atoms with Crippen molar-refractivity contribution in [3.8, 4) is 0 Å². The van der Waals surface area contributed by atoms with Crippen molar-refractivity contribution in [2.24, 2.45) is 0 Å². The van der Waals surface area contributed by atoms with Crippen LogP contribution in [0.15, 0.2) is 0 Å². The maximum Gasteiger partial charge on any atom is 0.234 e. The Morgan fingerprint density at radius 1 is 1.71 bits per heavy atom. The molecule has 1 amide bonds. The van der Waals surface area contributed by atoms with Gasteiger partial charge in [-0.25, -0.2) is 0 Å². The minimum Gasteiger partial charge on any atom is -0.772 e. The highest BCUT2D eigenvalue weighted by molar-refractivity contribution is 7.79. The van der Waals surface area contributed by atoms with Crippen LogP contribution < -0.4 is 5.32 Å². The summed E-state index contributed by atoms with van der Waals surface area (Å²) in [5.74, 6) is -0.737. The lowest BCUT2D eigenvalue weighted by molar-refractivity contribution is -0.129. The summed E-state index contributed by atoms with van der Waals surface area (Å²) in [6, 6.07) is 0.139. The number of nitrogens with one attached hydrogen (secondary N) is 1. The van der Waals surface area contributed by atoms with Gasteiger partial charge in [-0.15, -0.1) is 0 Å². The molecule has 6 heteroatoms. The van der Waals surface area contributed by atoms with E-state index in [1.165, 1.54) is 4.90 Å². The van der Waals surface area contributed by atoms with E-state index in [1.54, 1.807) is 7.05 Å². The number of hydrogen-bond acceptors (Lipinski definition) is 4. The van der Waals surface area contributed by atoms with E-state index in [2.05, 4.69) is 5.32 Å². The molecule has 1 aliphatic rings. The van der Waals surface area contributed by atoms with Gasteiger partial charge in [-0.05, 0) is 30.5 Å². The second-order valence-electron chi connectivity index (χ2n) is 3.45. The highest BCUT2D eigenvalue weighted by Gasteiger charge is 2.21. The minimum absolute atomic E-state index is 0.139. The normalized spacial score (nSPS) is 24.3. The van der Waals surface area contributed by atoms with Crippen molar-refractivity contribution in [2.75, 3.05) is 25.9 Å². The number of hydrogen-bond donors (Lipinski definition) is 1. The molecule has 5 nitrogen and oxygen atoms in total. The fourth-order valence-electron chi connectivity index (χ4n) is 1.57. The Morgan fingerprint density at radius 3 is 2.93 bits per heavy atom. The third kappa shape index (κ3) is 3.36. The molecule has 0 aromatic heterocycles. The van der Waals surface area contributed by atoms with Gasteiger partial charge in [-0.3, -0.25) is 9.00 Å². The van der Waals surface area contributed by atoms with Crippen LogP contribution in [0.4, 0.5) is 0 Å². The van der Waals surface area contributed by atoms with Crippen molar-refractivity contribution < 1.29 is 13.6 Å². The standard InChI is InChI=1S/C8H16N2O3S/c1-10(8(11)6-14(12)13)7-3-2-4-9-5-7/h7,9H,2-6H2,1H3,(H,12,13)/p-1. The number of rotatable bonds is 3. The number of amides is 1. The zero-order valence-electron chi connectivity index (χ0n) is 8.19. The molecule has 14 heavy (non-hydrogen) atoms. The van der Waals surface area contributed by atoms with E-state index < -0.39 is 16.8 Å². The zero-order chi connectivity index (χ0) is 10.6. The first-order chi connectivity index (χ1) is 6.61. The Kier molecular flexibility index (Phi) is 4.50. The van der Waals surface area contributed by atoms with Crippen molar-refractivity contribution in [3.63, 3.8) is 0 Å². The van der Waals surface area contributed by atoms with E-state index in [4.69, 9.17) is 0 Å². The lowest BCUT2D eigenvalue weighted by atomic mass is 10.1. The summed E-state index contributed by atoms with van der Waals surface area (Å²) in [5, 5.41) is 3.18. The summed E-state index contributed by atoms with van der Waals surface area (Å²) in [7, 11) is 1.66. The Balaban J connectivity index is 2.41. The van der Waals surface area contributed by atoms with E-state index in [9.17, 15) is 13.6 Å². The van der Waals surface area contributed by atoms with Crippen molar-refractivity contribution in [1.82, 2.24) is 10.2 Å². The number of nitrogens with zero attached hydrogens (tertiary/aromatic N) is 1. The van der Waals surface area contributed by atoms with Gasteiger partial charge in [-0.2, -0.15) is 0 Å². The molecule has 1 rings (SSSR count). The summed E-state index contributed by atoms with van der Waals surface area (Å²) >= 11 is -2.28. The molecule has 1 N–H and O–H groups in total. The van der Waals surface area contributed by atoms with Crippen LogP contribution in [-0.4, -0.2) is 51.5 Å². The Morgan fingerprint density at radius 2 is 2.43 bits per heavy atom. The van der Waals surface area contributed by atoms with E-state index in [0.717, 1.165) is 25.9 Å².